The zero-order valence-electron chi connectivity index (χ0n) is 9.17. The van der Waals surface area contributed by atoms with Crippen molar-refractivity contribution in [1.29, 1.82) is 0 Å². The molecule has 5 heteroatoms. The lowest BCUT2D eigenvalue weighted by molar-refractivity contribution is -0.386. The third-order valence-electron chi connectivity index (χ3n) is 2.22. The molecule has 0 aliphatic carbocycles. The van der Waals surface area contributed by atoms with Gasteiger partial charge in [0.2, 0.25) is 0 Å². The fourth-order valence-corrected chi connectivity index (χ4v) is 1.15. The quantitative estimate of drug-likeness (QED) is 0.437. The van der Waals surface area contributed by atoms with Crippen molar-refractivity contribution in [2.45, 2.75) is 26.4 Å². The van der Waals surface area contributed by atoms with Crippen LogP contribution in [0.1, 0.15) is 30.6 Å². The second-order valence-electron chi connectivity index (χ2n) is 3.44. The number of hydrogen-bond acceptors (Lipinski definition) is 4. The van der Waals surface area contributed by atoms with E-state index in [0.29, 0.717) is 11.8 Å². The summed E-state index contributed by atoms with van der Waals surface area (Å²) in [5.74, 6) is 0.143. The van der Waals surface area contributed by atoms with Crippen molar-refractivity contribution in [2.24, 2.45) is 0 Å². The highest BCUT2D eigenvalue weighted by Crippen LogP contribution is 2.28. The molecule has 0 saturated heterocycles. The number of carbonyl (C=O) groups excluding carboxylic acids is 1. The Morgan fingerprint density at radius 3 is 2.75 bits per heavy atom. The van der Waals surface area contributed by atoms with Gasteiger partial charge in [0.1, 0.15) is 6.29 Å². The normalized spacial score (nSPS) is 11.9. The molecule has 0 radical (unpaired) electrons. The highest BCUT2D eigenvalue weighted by atomic mass is 16.6. The highest BCUT2D eigenvalue weighted by Gasteiger charge is 2.17. The van der Waals surface area contributed by atoms with Gasteiger partial charge in [-0.3, -0.25) is 14.9 Å². The summed E-state index contributed by atoms with van der Waals surface area (Å²) in [7, 11) is 0. The van der Waals surface area contributed by atoms with E-state index in [4.69, 9.17) is 4.74 Å². The standard InChI is InChI=1S/C11H13NO4/c1-3-8(2)16-11-6-9(7-13)4-5-10(11)12(14)15/h4-8H,3H2,1-2H3. The minimum Gasteiger partial charge on any atom is -0.484 e. The van der Waals surface area contributed by atoms with Gasteiger partial charge in [-0.05, 0) is 25.5 Å². The maximum atomic E-state index is 10.7. The minimum atomic E-state index is -0.522. The van der Waals surface area contributed by atoms with Crippen molar-refractivity contribution < 1.29 is 14.5 Å². The summed E-state index contributed by atoms with van der Waals surface area (Å²) in [5, 5.41) is 10.7. The molecule has 1 rings (SSSR count). The van der Waals surface area contributed by atoms with Crippen LogP contribution in [0.3, 0.4) is 0 Å². The van der Waals surface area contributed by atoms with E-state index in [1.807, 2.05) is 13.8 Å². The van der Waals surface area contributed by atoms with Gasteiger partial charge in [-0.15, -0.1) is 0 Å². The van der Waals surface area contributed by atoms with Crippen LogP contribution in [-0.4, -0.2) is 17.3 Å². The van der Waals surface area contributed by atoms with Gasteiger partial charge in [0, 0.05) is 11.6 Å². The average molecular weight is 223 g/mol. The molecule has 1 aromatic rings. The molecule has 0 aliphatic heterocycles. The zero-order valence-corrected chi connectivity index (χ0v) is 9.17. The molecule has 0 fully saturated rings. The van der Waals surface area contributed by atoms with Gasteiger partial charge in [-0.1, -0.05) is 6.92 Å². The van der Waals surface area contributed by atoms with Gasteiger partial charge in [-0.25, -0.2) is 0 Å². The number of aldehydes is 1. The smallest absolute Gasteiger partial charge is 0.310 e. The molecular formula is C11H13NO4. The molecule has 0 spiro atoms. The Morgan fingerprint density at radius 1 is 1.56 bits per heavy atom. The number of ether oxygens (including phenoxy) is 1. The molecule has 0 aromatic heterocycles. The molecule has 5 nitrogen and oxygen atoms in total. The van der Waals surface area contributed by atoms with Crippen LogP contribution >= 0.6 is 0 Å². The summed E-state index contributed by atoms with van der Waals surface area (Å²) in [6.07, 6.45) is 1.25. The topological polar surface area (TPSA) is 69.4 Å². The van der Waals surface area contributed by atoms with Crippen LogP contribution in [0.15, 0.2) is 18.2 Å². The predicted octanol–water partition coefficient (Wildman–Crippen LogP) is 2.58. The fourth-order valence-electron chi connectivity index (χ4n) is 1.15. The number of nitrogens with zero attached hydrogens (tertiary/aromatic N) is 1. The van der Waals surface area contributed by atoms with Crippen molar-refractivity contribution in [2.75, 3.05) is 0 Å². The Labute approximate surface area is 93.2 Å². The van der Waals surface area contributed by atoms with Crippen LogP contribution in [-0.2, 0) is 0 Å². The Bertz CT molecular complexity index is 403. The molecule has 86 valence electrons. The van der Waals surface area contributed by atoms with Gasteiger partial charge in [0.25, 0.3) is 0 Å². The number of carbonyl (C=O) groups is 1. The molecule has 0 heterocycles. The SMILES string of the molecule is CCC(C)Oc1cc(C=O)ccc1[N+](=O)[O-]. The zero-order chi connectivity index (χ0) is 12.1. The van der Waals surface area contributed by atoms with Crippen LogP contribution < -0.4 is 4.74 Å². The van der Waals surface area contributed by atoms with E-state index in [1.165, 1.54) is 18.2 Å². The molecule has 0 N–H and O–H groups in total. The van der Waals surface area contributed by atoms with E-state index >= 15 is 0 Å². The van der Waals surface area contributed by atoms with Crippen molar-refractivity contribution in [3.8, 4) is 5.75 Å². The third kappa shape index (κ3) is 2.79. The summed E-state index contributed by atoms with van der Waals surface area (Å²) in [6, 6.07) is 4.06. The first-order valence-electron chi connectivity index (χ1n) is 4.98. The van der Waals surface area contributed by atoms with Crippen LogP contribution in [0.4, 0.5) is 5.69 Å². The lowest BCUT2D eigenvalue weighted by Crippen LogP contribution is -2.11. The van der Waals surface area contributed by atoms with E-state index in [-0.39, 0.29) is 17.5 Å². The molecule has 0 bridgehead atoms. The van der Waals surface area contributed by atoms with E-state index < -0.39 is 4.92 Å². The first-order valence-corrected chi connectivity index (χ1v) is 4.98. The molecule has 1 unspecified atom stereocenters. The van der Waals surface area contributed by atoms with Crippen molar-refractivity contribution >= 4 is 12.0 Å². The maximum absolute atomic E-state index is 10.7. The van der Waals surface area contributed by atoms with E-state index in [0.717, 1.165) is 6.42 Å². The predicted molar refractivity (Wildman–Crippen MR) is 58.9 cm³/mol. The van der Waals surface area contributed by atoms with Gasteiger partial charge >= 0.3 is 5.69 Å². The number of rotatable bonds is 5. The van der Waals surface area contributed by atoms with Gasteiger partial charge in [0.05, 0.1) is 11.0 Å². The number of hydrogen-bond donors (Lipinski definition) is 0. The second-order valence-corrected chi connectivity index (χ2v) is 3.44. The second kappa shape index (κ2) is 5.25. The number of nitro groups is 1. The number of benzene rings is 1. The van der Waals surface area contributed by atoms with Gasteiger partial charge in [-0.2, -0.15) is 0 Å². The monoisotopic (exact) mass is 223 g/mol. The van der Waals surface area contributed by atoms with E-state index in [2.05, 4.69) is 0 Å². The molecule has 0 aliphatic rings. The Kier molecular flexibility index (Phi) is 3.99. The van der Waals surface area contributed by atoms with Crippen LogP contribution in [0.25, 0.3) is 0 Å². The van der Waals surface area contributed by atoms with Crippen LogP contribution in [0.2, 0.25) is 0 Å². The summed E-state index contributed by atoms with van der Waals surface area (Å²) in [6.45, 7) is 3.73. The Balaban J connectivity index is 3.09. The van der Waals surface area contributed by atoms with E-state index in [9.17, 15) is 14.9 Å². The summed E-state index contributed by atoms with van der Waals surface area (Å²) < 4.78 is 5.40. The van der Waals surface area contributed by atoms with Crippen molar-refractivity contribution in [3.05, 3.63) is 33.9 Å². The largest absolute Gasteiger partial charge is 0.484 e. The number of nitro benzene ring substituents is 1. The summed E-state index contributed by atoms with van der Waals surface area (Å²) in [4.78, 5) is 20.8. The fraction of sp³-hybridized carbons (Fsp3) is 0.364. The third-order valence-corrected chi connectivity index (χ3v) is 2.22. The minimum absolute atomic E-state index is 0.120. The van der Waals surface area contributed by atoms with Crippen molar-refractivity contribution in [1.82, 2.24) is 0 Å². The van der Waals surface area contributed by atoms with Crippen molar-refractivity contribution in [3.63, 3.8) is 0 Å². The summed E-state index contributed by atoms with van der Waals surface area (Å²) >= 11 is 0. The molecule has 0 saturated carbocycles. The Morgan fingerprint density at radius 2 is 2.25 bits per heavy atom. The highest BCUT2D eigenvalue weighted by molar-refractivity contribution is 5.76. The average Bonchev–Trinajstić information content (AvgIpc) is 2.28. The van der Waals surface area contributed by atoms with Crippen LogP contribution in [0, 0.1) is 10.1 Å². The van der Waals surface area contributed by atoms with Crippen LogP contribution in [0.5, 0.6) is 5.75 Å². The molecule has 16 heavy (non-hydrogen) atoms. The van der Waals surface area contributed by atoms with Gasteiger partial charge < -0.3 is 4.74 Å². The molecule has 1 atom stereocenters. The summed E-state index contributed by atoms with van der Waals surface area (Å²) in [5.41, 5.74) is 0.245. The Hall–Kier alpha value is -1.91. The lowest BCUT2D eigenvalue weighted by Gasteiger charge is -2.12. The van der Waals surface area contributed by atoms with E-state index in [1.54, 1.807) is 0 Å². The molecule has 1 aromatic carbocycles. The molecule has 0 amide bonds. The van der Waals surface area contributed by atoms with Gasteiger partial charge in [0.15, 0.2) is 5.75 Å². The molecular weight excluding hydrogens is 210 g/mol. The first-order chi connectivity index (χ1) is 7.58. The first kappa shape index (κ1) is 12.2. The lowest BCUT2D eigenvalue weighted by atomic mass is 10.2. The maximum Gasteiger partial charge on any atom is 0.310 e.